The number of methoxy groups -OCH3 is 2. The van der Waals surface area contributed by atoms with Crippen LogP contribution in [0.2, 0.25) is 0 Å². The number of halogens is 2. The van der Waals surface area contributed by atoms with Gasteiger partial charge in [0, 0.05) is 4.47 Å². The molecule has 0 fully saturated rings. The molecule has 0 aliphatic heterocycles. The van der Waals surface area contributed by atoms with Gasteiger partial charge in [-0.25, -0.2) is 10.2 Å². The minimum absolute atomic E-state index is 0.241. The number of carbonyl (C=O) groups excluding carboxylic acids is 2. The molecule has 0 aromatic heterocycles. The molecular weight excluding hydrogens is 484 g/mol. The summed E-state index contributed by atoms with van der Waals surface area (Å²) in [5.41, 5.74) is 3.51. The summed E-state index contributed by atoms with van der Waals surface area (Å²) < 4.78 is 16.8. The van der Waals surface area contributed by atoms with Crippen LogP contribution in [-0.2, 0) is 9.53 Å². The molecule has 0 atom stereocenters. The highest BCUT2D eigenvalue weighted by atomic mass is 79.9. The first-order chi connectivity index (χ1) is 12.9. The zero-order valence-corrected chi connectivity index (χ0v) is 17.7. The maximum atomic E-state index is 11.9. The van der Waals surface area contributed by atoms with E-state index in [9.17, 15) is 9.59 Å². The molecule has 0 radical (unpaired) electrons. The van der Waals surface area contributed by atoms with Gasteiger partial charge in [0.25, 0.3) is 5.91 Å². The summed E-state index contributed by atoms with van der Waals surface area (Å²) in [4.78, 5) is 23.3. The van der Waals surface area contributed by atoms with E-state index in [1.165, 1.54) is 20.4 Å². The van der Waals surface area contributed by atoms with Crippen LogP contribution in [0.15, 0.2) is 50.4 Å². The molecule has 1 amide bonds. The van der Waals surface area contributed by atoms with Gasteiger partial charge in [0.15, 0.2) is 18.1 Å². The molecular formula is C18H16Br2N2O5. The van der Waals surface area contributed by atoms with Gasteiger partial charge in [0.2, 0.25) is 0 Å². The fraction of sp³-hybridized carbons (Fsp3) is 0.167. The first-order valence-electron chi connectivity index (χ1n) is 7.60. The minimum Gasteiger partial charge on any atom is -0.493 e. The van der Waals surface area contributed by atoms with Gasteiger partial charge in [-0.2, -0.15) is 5.10 Å². The third-order valence-corrected chi connectivity index (χ3v) is 4.32. The second-order valence-corrected chi connectivity index (χ2v) is 6.88. The lowest BCUT2D eigenvalue weighted by Crippen LogP contribution is -2.24. The highest BCUT2D eigenvalue weighted by molar-refractivity contribution is 9.11. The number of amides is 1. The van der Waals surface area contributed by atoms with Gasteiger partial charge in [-0.3, -0.25) is 4.79 Å². The molecule has 2 aromatic carbocycles. The lowest BCUT2D eigenvalue weighted by molar-refractivity contribution is -0.123. The number of nitrogens with zero attached hydrogens (tertiary/aromatic N) is 1. The van der Waals surface area contributed by atoms with E-state index in [1.54, 1.807) is 36.4 Å². The molecule has 0 aliphatic carbocycles. The van der Waals surface area contributed by atoms with Crippen molar-refractivity contribution in [2.75, 3.05) is 20.8 Å². The molecule has 27 heavy (non-hydrogen) atoms. The average Bonchev–Trinajstić information content (AvgIpc) is 2.66. The fourth-order valence-corrected chi connectivity index (χ4v) is 3.30. The molecule has 7 nitrogen and oxygen atoms in total. The van der Waals surface area contributed by atoms with Gasteiger partial charge in [0.1, 0.15) is 0 Å². The summed E-state index contributed by atoms with van der Waals surface area (Å²) in [7, 11) is 2.83. The van der Waals surface area contributed by atoms with Crippen LogP contribution in [0.4, 0.5) is 0 Å². The highest BCUT2D eigenvalue weighted by Crippen LogP contribution is 2.38. The molecule has 0 saturated carbocycles. The Kier molecular flexibility index (Phi) is 7.81. The van der Waals surface area contributed by atoms with Crippen molar-refractivity contribution in [2.24, 2.45) is 5.10 Å². The van der Waals surface area contributed by atoms with Crippen LogP contribution in [0.3, 0.4) is 0 Å². The predicted molar refractivity (Wildman–Crippen MR) is 107 cm³/mol. The molecule has 0 bridgehead atoms. The Morgan fingerprint density at radius 1 is 1.15 bits per heavy atom. The lowest BCUT2D eigenvalue weighted by Gasteiger charge is -2.12. The van der Waals surface area contributed by atoms with Crippen molar-refractivity contribution in [3.05, 3.63) is 56.5 Å². The molecule has 0 saturated heterocycles. The maximum absolute atomic E-state index is 11.9. The van der Waals surface area contributed by atoms with Crippen LogP contribution in [-0.4, -0.2) is 38.9 Å². The normalized spacial score (nSPS) is 10.5. The second kappa shape index (κ2) is 10.1. The van der Waals surface area contributed by atoms with Crippen LogP contribution in [0.25, 0.3) is 0 Å². The van der Waals surface area contributed by atoms with E-state index in [2.05, 4.69) is 47.1 Å². The van der Waals surface area contributed by atoms with E-state index in [0.29, 0.717) is 27.1 Å². The van der Waals surface area contributed by atoms with E-state index in [-0.39, 0.29) is 6.61 Å². The Bertz CT molecular complexity index is 854. The summed E-state index contributed by atoms with van der Waals surface area (Å²) in [5.74, 6) is 0.0456. The Morgan fingerprint density at radius 2 is 1.85 bits per heavy atom. The SMILES string of the molecule is COC(=O)c1ccc(/C=N\NC(=O)COc2c(Br)cc(Br)cc2OC)cc1. The summed E-state index contributed by atoms with van der Waals surface area (Å²) >= 11 is 6.72. The smallest absolute Gasteiger partial charge is 0.337 e. The number of nitrogens with one attached hydrogen (secondary N) is 1. The Balaban J connectivity index is 1.90. The molecule has 0 heterocycles. The first-order valence-corrected chi connectivity index (χ1v) is 9.19. The van der Waals surface area contributed by atoms with Crippen LogP contribution >= 0.6 is 31.9 Å². The van der Waals surface area contributed by atoms with Gasteiger partial charge in [-0.15, -0.1) is 0 Å². The number of ether oxygens (including phenoxy) is 3. The van der Waals surface area contributed by atoms with Crippen molar-refractivity contribution in [1.82, 2.24) is 5.43 Å². The summed E-state index contributed by atoms with van der Waals surface area (Å²) in [5, 5.41) is 3.86. The Morgan fingerprint density at radius 3 is 2.48 bits per heavy atom. The largest absolute Gasteiger partial charge is 0.493 e. The standard InChI is InChI=1S/C18H16Br2N2O5/c1-25-15-8-13(19)7-14(20)17(15)27-10-16(23)22-21-9-11-3-5-12(6-4-11)18(24)26-2/h3-9H,10H2,1-2H3,(H,22,23)/b21-9-. The third-order valence-electron chi connectivity index (χ3n) is 3.28. The quantitative estimate of drug-likeness (QED) is 0.357. The summed E-state index contributed by atoms with van der Waals surface area (Å²) in [6.07, 6.45) is 1.45. The lowest BCUT2D eigenvalue weighted by atomic mass is 10.1. The second-order valence-electron chi connectivity index (χ2n) is 5.11. The first kappa shape index (κ1) is 20.9. The van der Waals surface area contributed by atoms with Gasteiger partial charge in [0.05, 0.1) is 30.5 Å². The zero-order valence-electron chi connectivity index (χ0n) is 14.5. The number of carbonyl (C=O) groups is 2. The van der Waals surface area contributed by atoms with Crippen LogP contribution in [0.1, 0.15) is 15.9 Å². The molecule has 1 N–H and O–H groups in total. The Hall–Kier alpha value is -2.39. The van der Waals surface area contributed by atoms with Crippen LogP contribution < -0.4 is 14.9 Å². The van der Waals surface area contributed by atoms with Crippen LogP contribution in [0.5, 0.6) is 11.5 Å². The van der Waals surface area contributed by atoms with E-state index in [4.69, 9.17) is 9.47 Å². The molecule has 0 unspecified atom stereocenters. The number of hydrazone groups is 1. The molecule has 2 rings (SSSR count). The molecule has 142 valence electrons. The van der Waals surface area contributed by atoms with Gasteiger partial charge in [-0.1, -0.05) is 28.1 Å². The van der Waals surface area contributed by atoms with E-state index < -0.39 is 11.9 Å². The summed E-state index contributed by atoms with van der Waals surface area (Å²) in [6.45, 7) is -0.241. The van der Waals surface area contributed by atoms with Crippen LogP contribution in [0, 0.1) is 0 Å². The third kappa shape index (κ3) is 6.07. The van der Waals surface area contributed by atoms with Gasteiger partial charge >= 0.3 is 5.97 Å². The van der Waals surface area contributed by atoms with E-state index in [1.807, 2.05) is 0 Å². The van der Waals surface area contributed by atoms with Crippen molar-refractivity contribution in [2.45, 2.75) is 0 Å². The predicted octanol–water partition coefficient (Wildman–Crippen LogP) is 3.54. The number of esters is 1. The number of rotatable bonds is 7. The number of hydrogen-bond donors (Lipinski definition) is 1. The highest BCUT2D eigenvalue weighted by Gasteiger charge is 2.12. The van der Waals surface area contributed by atoms with E-state index >= 15 is 0 Å². The van der Waals surface area contributed by atoms with Crippen molar-refractivity contribution in [3.63, 3.8) is 0 Å². The maximum Gasteiger partial charge on any atom is 0.337 e. The number of hydrogen-bond acceptors (Lipinski definition) is 6. The topological polar surface area (TPSA) is 86.2 Å². The Labute approximate surface area is 172 Å². The minimum atomic E-state index is -0.436. The van der Waals surface area contributed by atoms with E-state index in [0.717, 1.165) is 4.47 Å². The van der Waals surface area contributed by atoms with Gasteiger partial charge < -0.3 is 14.2 Å². The average molecular weight is 500 g/mol. The van der Waals surface area contributed by atoms with Crippen molar-refractivity contribution < 1.29 is 23.8 Å². The fourth-order valence-electron chi connectivity index (χ4n) is 2.00. The number of benzene rings is 2. The zero-order chi connectivity index (χ0) is 19.8. The molecule has 0 spiro atoms. The summed E-state index contributed by atoms with van der Waals surface area (Å²) in [6, 6.07) is 10.1. The molecule has 0 aliphatic rings. The molecule has 2 aromatic rings. The molecule has 9 heteroatoms. The van der Waals surface area contributed by atoms with Crippen molar-refractivity contribution in [3.8, 4) is 11.5 Å². The van der Waals surface area contributed by atoms with Gasteiger partial charge in [-0.05, 0) is 45.8 Å². The monoisotopic (exact) mass is 498 g/mol. The van der Waals surface area contributed by atoms with Crippen molar-refractivity contribution in [1.29, 1.82) is 0 Å². The van der Waals surface area contributed by atoms with Crippen molar-refractivity contribution >= 4 is 50.0 Å².